The monoisotopic (exact) mass is 110 g/mol. The van der Waals surface area contributed by atoms with E-state index in [1.807, 2.05) is 0 Å². The first-order valence-electron chi connectivity index (χ1n) is 0. The fourth-order valence-electron chi connectivity index (χ4n) is 0. The van der Waals surface area contributed by atoms with Crippen molar-refractivity contribution in [2.24, 2.45) is 0 Å². The van der Waals surface area contributed by atoms with E-state index in [2.05, 4.69) is 0 Å². The fourth-order valence-corrected chi connectivity index (χ4v) is 0. The van der Waals surface area contributed by atoms with Crippen LogP contribution < -0.4 is 18.9 Å². The van der Waals surface area contributed by atoms with E-state index >= 15 is 0 Å². The summed E-state index contributed by atoms with van der Waals surface area (Å²) in [4.78, 5) is 0. The van der Waals surface area contributed by atoms with Gasteiger partial charge in [-0.3, -0.25) is 14.1 Å². The zero-order valence-electron chi connectivity index (χ0n) is 5.93. The van der Waals surface area contributed by atoms with Crippen molar-refractivity contribution in [3.8, 4) is 0 Å². The Morgan fingerprint density at radius 1 is 0.800 bits per heavy atom. The summed E-state index contributed by atoms with van der Waals surface area (Å²) in [7, 11) is 0. The number of rotatable bonds is 0. The summed E-state index contributed by atoms with van der Waals surface area (Å²) in [5.74, 6) is 0. The van der Waals surface area contributed by atoms with Crippen LogP contribution in [0.1, 0.15) is 4.28 Å². The molecule has 0 aromatic carbocycles. The zero-order chi connectivity index (χ0) is 0. The van der Waals surface area contributed by atoms with Crippen LogP contribution in [0.3, 0.4) is 0 Å². The van der Waals surface area contributed by atoms with E-state index in [1.54, 1.807) is 0 Å². The maximum absolute atomic E-state index is 0. The molecule has 5 heteroatoms. The second kappa shape index (κ2) is 45.0. The third-order valence-corrected chi connectivity index (χ3v) is 0. The van der Waals surface area contributed by atoms with Crippen molar-refractivity contribution in [3.63, 3.8) is 0 Å². The van der Waals surface area contributed by atoms with E-state index in [1.165, 1.54) is 0 Å². The first-order valence-corrected chi connectivity index (χ1v) is 0. The van der Waals surface area contributed by atoms with Crippen LogP contribution in [0, 0.1) is 0 Å². The van der Waals surface area contributed by atoms with Gasteiger partial charge in [0.25, 0.3) is 0 Å². The van der Waals surface area contributed by atoms with Gasteiger partial charge >= 0.3 is 56.6 Å². The SMILES string of the molecule is F.F.F.[Ca+2].[H-].[H-].[H-].[Li+]. The molecule has 0 saturated carbocycles. The standard InChI is InChI=1S/Ca.3FH.Li.3H/h;3*1H;;;;/q+2;;;;+1;3*-1. The summed E-state index contributed by atoms with van der Waals surface area (Å²) in [5.41, 5.74) is 0. The van der Waals surface area contributed by atoms with Gasteiger partial charge in [-0.25, -0.2) is 0 Å². The van der Waals surface area contributed by atoms with E-state index < -0.39 is 0 Å². The van der Waals surface area contributed by atoms with Gasteiger partial charge in [0.2, 0.25) is 0 Å². The topological polar surface area (TPSA) is 0 Å². The Bertz CT molecular complexity index is 14.5. The maximum atomic E-state index is 0. The Balaban J connectivity index is 0. The minimum absolute atomic E-state index is 0. The Hall–Kier alpha value is 1.65. The molecule has 30 valence electrons. The average molecular weight is 110 g/mol. The summed E-state index contributed by atoms with van der Waals surface area (Å²) in [6, 6.07) is 0. The van der Waals surface area contributed by atoms with Crippen LogP contribution in [0.25, 0.3) is 0 Å². The molecular weight excluding hydrogens is 104 g/mol. The van der Waals surface area contributed by atoms with E-state index in [0.717, 1.165) is 0 Å². The number of hydrogen-bond acceptors (Lipinski definition) is 0. The van der Waals surface area contributed by atoms with Crippen LogP contribution >= 0.6 is 0 Å². The molecule has 0 fully saturated rings. The molecule has 0 aromatic rings. The van der Waals surface area contributed by atoms with Crippen LogP contribution in [0.15, 0.2) is 0 Å². The van der Waals surface area contributed by atoms with E-state index in [-0.39, 0.29) is 75.0 Å². The van der Waals surface area contributed by atoms with Gasteiger partial charge in [0.05, 0.1) is 0 Å². The third-order valence-electron chi connectivity index (χ3n) is 0. The molecule has 0 nitrogen and oxygen atoms in total. The fraction of sp³-hybridized carbons (Fsp3) is 0. The van der Waals surface area contributed by atoms with Crippen molar-refractivity contribution in [3.05, 3.63) is 0 Å². The van der Waals surface area contributed by atoms with Crippen LogP contribution in [-0.2, 0) is 0 Å². The van der Waals surface area contributed by atoms with Crippen molar-refractivity contribution < 1.29 is 37.3 Å². The normalized spacial score (nSPS) is 0. The molecule has 0 saturated heterocycles. The van der Waals surface area contributed by atoms with E-state index in [0.29, 0.717) is 0 Å². The summed E-state index contributed by atoms with van der Waals surface area (Å²) in [6.07, 6.45) is 0. The Morgan fingerprint density at radius 2 is 0.800 bits per heavy atom. The first kappa shape index (κ1) is 78.1. The molecule has 0 bridgehead atoms. The molecule has 0 radical (unpaired) electrons. The van der Waals surface area contributed by atoms with E-state index in [4.69, 9.17) is 0 Å². The molecule has 0 aliphatic carbocycles. The summed E-state index contributed by atoms with van der Waals surface area (Å²) >= 11 is 0. The second-order valence-electron chi connectivity index (χ2n) is 0. The number of hydrogen-bond donors (Lipinski definition) is 0. The minimum Gasteiger partial charge on any atom is -1.00 e. The average Bonchev–Trinajstić information content (AvgIpc) is 0. The second-order valence-corrected chi connectivity index (χ2v) is 0. The van der Waals surface area contributed by atoms with Crippen molar-refractivity contribution >= 4 is 37.7 Å². The smallest absolute Gasteiger partial charge is 1.00 e. The molecule has 5 heavy (non-hydrogen) atoms. The molecule has 0 spiro atoms. The van der Waals surface area contributed by atoms with Crippen LogP contribution in [-0.4, -0.2) is 37.7 Å². The molecule has 0 unspecified atom stereocenters. The molecule has 0 heterocycles. The van der Waals surface area contributed by atoms with Crippen LogP contribution in [0.5, 0.6) is 0 Å². The van der Waals surface area contributed by atoms with Gasteiger partial charge in [-0.15, -0.1) is 0 Å². The maximum Gasteiger partial charge on any atom is 2.00 e. The molecule has 0 N–H and O–H groups in total. The third kappa shape index (κ3) is 27.7. The molecule has 0 rings (SSSR count). The van der Waals surface area contributed by atoms with Gasteiger partial charge in [-0.05, 0) is 0 Å². The van der Waals surface area contributed by atoms with Gasteiger partial charge in [0.1, 0.15) is 0 Å². The molecule has 0 atom stereocenters. The van der Waals surface area contributed by atoms with Gasteiger partial charge in [0, 0.05) is 0 Å². The van der Waals surface area contributed by atoms with Gasteiger partial charge < -0.3 is 4.28 Å². The molecule has 0 aromatic heterocycles. The summed E-state index contributed by atoms with van der Waals surface area (Å²) in [6.45, 7) is 0. The zero-order valence-corrected chi connectivity index (χ0v) is 5.14. The van der Waals surface area contributed by atoms with Gasteiger partial charge in [-0.2, -0.15) is 0 Å². The molecule has 0 amide bonds. The number of halogens is 3. The predicted octanol–water partition coefficient (Wildman–Crippen LogP) is -2.58. The predicted molar refractivity (Wildman–Crippen MR) is 16.6 cm³/mol. The first-order chi connectivity index (χ1) is 0. The van der Waals surface area contributed by atoms with Gasteiger partial charge in [0.15, 0.2) is 0 Å². The van der Waals surface area contributed by atoms with Crippen LogP contribution in [0.4, 0.5) is 14.1 Å². The largest absolute Gasteiger partial charge is 2.00 e. The Labute approximate surface area is 74.4 Å². The van der Waals surface area contributed by atoms with Crippen molar-refractivity contribution in [1.82, 2.24) is 0 Å². The summed E-state index contributed by atoms with van der Waals surface area (Å²) in [5, 5.41) is 0. The van der Waals surface area contributed by atoms with Crippen molar-refractivity contribution in [2.45, 2.75) is 0 Å². The van der Waals surface area contributed by atoms with Crippen LogP contribution in [0.2, 0.25) is 0 Å². The molecular formula is H6CaF3Li. The molecule has 0 aliphatic heterocycles. The van der Waals surface area contributed by atoms with Gasteiger partial charge in [-0.1, -0.05) is 0 Å². The Kier molecular flexibility index (Phi) is 702. The van der Waals surface area contributed by atoms with Crippen molar-refractivity contribution in [1.29, 1.82) is 0 Å². The molecule has 0 aliphatic rings. The van der Waals surface area contributed by atoms with E-state index in [9.17, 15) is 0 Å². The Morgan fingerprint density at radius 3 is 0.800 bits per heavy atom. The quantitative estimate of drug-likeness (QED) is 0.300. The van der Waals surface area contributed by atoms with Crippen molar-refractivity contribution in [2.75, 3.05) is 0 Å². The minimum atomic E-state index is 0. The summed E-state index contributed by atoms with van der Waals surface area (Å²) < 4.78 is 0.